The van der Waals surface area contributed by atoms with Crippen molar-refractivity contribution in [3.05, 3.63) is 70.3 Å². The molecule has 8 nitrogen and oxygen atoms in total. The molecule has 2 aliphatic heterocycles. The maximum Gasteiger partial charge on any atom is 0.341 e. The number of ether oxygens (including phenoxy) is 1. The van der Waals surface area contributed by atoms with Gasteiger partial charge >= 0.3 is 5.97 Å². The molecule has 0 saturated heterocycles. The molecule has 0 spiro atoms. The summed E-state index contributed by atoms with van der Waals surface area (Å²) >= 11 is 6.25. The lowest BCUT2D eigenvalue weighted by atomic mass is 9.95. The number of aryl methyl sites for hydroxylation is 1. The smallest absolute Gasteiger partial charge is 0.341 e. The molecule has 0 radical (unpaired) electrons. The Balaban J connectivity index is 1.80. The maximum absolute atomic E-state index is 13.0. The molecule has 0 aliphatic carbocycles. The highest BCUT2D eigenvalue weighted by atomic mass is 35.5. The summed E-state index contributed by atoms with van der Waals surface area (Å²) in [6.07, 6.45) is 9.01. The number of carbonyl (C=O) groups is 1. The van der Waals surface area contributed by atoms with Gasteiger partial charge in [0.15, 0.2) is 0 Å². The lowest BCUT2D eigenvalue weighted by Crippen LogP contribution is -2.46. The van der Waals surface area contributed by atoms with Crippen molar-refractivity contribution in [3.63, 3.8) is 0 Å². The van der Waals surface area contributed by atoms with Gasteiger partial charge in [0.25, 0.3) is 0 Å². The molecule has 1 atom stereocenters. The van der Waals surface area contributed by atoms with Crippen LogP contribution >= 0.6 is 11.6 Å². The van der Waals surface area contributed by atoms with Crippen LogP contribution in [0.15, 0.2) is 48.6 Å². The minimum atomic E-state index is -4.09. The van der Waals surface area contributed by atoms with Crippen molar-refractivity contribution in [2.24, 2.45) is 0 Å². The van der Waals surface area contributed by atoms with Crippen LogP contribution < -0.4 is 9.64 Å². The number of hydrogen-bond acceptors (Lipinski definition) is 6. The molecular weight excluding hydrogens is 528 g/mol. The van der Waals surface area contributed by atoms with Gasteiger partial charge in [-0.3, -0.25) is 0 Å². The van der Waals surface area contributed by atoms with Gasteiger partial charge in [-0.25, -0.2) is 17.5 Å². The van der Waals surface area contributed by atoms with Gasteiger partial charge in [-0.15, -0.1) is 0 Å². The van der Waals surface area contributed by atoms with Gasteiger partial charge in [0.2, 0.25) is 15.6 Å². The van der Waals surface area contributed by atoms with Gasteiger partial charge in [-0.05, 0) is 79.5 Å². The normalized spacial score (nSPS) is 24.0. The van der Waals surface area contributed by atoms with Crippen LogP contribution in [0.5, 0.6) is 5.75 Å². The van der Waals surface area contributed by atoms with Gasteiger partial charge in [0.05, 0.1) is 5.69 Å². The van der Waals surface area contributed by atoms with E-state index < -0.39 is 27.3 Å². The summed E-state index contributed by atoms with van der Waals surface area (Å²) in [6.45, 7) is 1.84. The number of hydrogen-bond donors (Lipinski definition) is 2. The lowest BCUT2D eigenvalue weighted by Gasteiger charge is -2.30. The number of allylic oxidation sites excluding steroid dienone is 1. The van der Waals surface area contributed by atoms with Gasteiger partial charge in [0.1, 0.15) is 18.1 Å². The van der Waals surface area contributed by atoms with Crippen molar-refractivity contribution in [1.82, 2.24) is 4.31 Å². The molecule has 2 heterocycles. The molecule has 0 fully saturated rings. The van der Waals surface area contributed by atoms with Crippen LogP contribution in [-0.4, -0.2) is 61.3 Å². The van der Waals surface area contributed by atoms with Crippen LogP contribution in [0.25, 0.3) is 0 Å². The van der Waals surface area contributed by atoms with Crippen molar-refractivity contribution in [2.75, 3.05) is 37.3 Å². The van der Waals surface area contributed by atoms with Crippen molar-refractivity contribution in [3.8, 4) is 5.75 Å². The summed E-state index contributed by atoms with van der Waals surface area (Å²) in [6, 6.07) is 10.4. The summed E-state index contributed by atoms with van der Waals surface area (Å²) in [5.41, 5.74) is 0.185. The van der Waals surface area contributed by atoms with E-state index in [1.165, 1.54) is 13.1 Å². The van der Waals surface area contributed by atoms with E-state index in [4.69, 9.17) is 16.3 Å². The summed E-state index contributed by atoms with van der Waals surface area (Å²) in [7, 11) is -2.70. The number of anilines is 1. The highest BCUT2D eigenvalue weighted by Gasteiger charge is 2.44. The zero-order valence-corrected chi connectivity index (χ0v) is 23.2. The molecule has 206 valence electrons. The number of carboxylic acids is 1. The van der Waals surface area contributed by atoms with Crippen LogP contribution in [0, 0.1) is 0 Å². The largest absolute Gasteiger partial charge is 0.487 e. The van der Waals surface area contributed by atoms with Crippen LogP contribution in [0.4, 0.5) is 5.69 Å². The number of rotatable bonds is 1. The van der Waals surface area contributed by atoms with Crippen LogP contribution in [0.1, 0.15) is 48.8 Å². The molecule has 2 bridgehead atoms. The van der Waals surface area contributed by atoms with E-state index in [1.807, 2.05) is 24.3 Å². The minimum Gasteiger partial charge on any atom is -0.487 e. The van der Waals surface area contributed by atoms with Gasteiger partial charge in [-0.2, -0.15) is 0 Å². The average Bonchev–Trinajstić information content (AvgIpc) is 2.90. The number of nitrogens with zero attached hydrogens (tertiary/aromatic N) is 2. The van der Waals surface area contributed by atoms with Crippen LogP contribution in [-0.2, 0) is 33.4 Å². The molecule has 2 aliphatic rings. The fourth-order valence-corrected chi connectivity index (χ4v) is 6.45. The molecule has 4 rings (SSSR count). The minimum absolute atomic E-state index is 0.00166. The first-order valence-electron chi connectivity index (χ1n) is 12.9. The SMILES string of the molecule is CN1C/C=C/CCCCN2CCCCc3cc(Cl)ccc3COc3ccc(cc32)[C@](O)(C(=O)O)CS1(=O)=O. The zero-order valence-electron chi connectivity index (χ0n) is 21.6. The number of aliphatic hydroxyl groups is 1. The second-order valence-electron chi connectivity index (χ2n) is 10.00. The van der Waals surface area contributed by atoms with Crippen molar-refractivity contribution in [2.45, 2.75) is 50.7 Å². The lowest BCUT2D eigenvalue weighted by molar-refractivity contribution is -0.157. The molecule has 38 heavy (non-hydrogen) atoms. The maximum atomic E-state index is 13.0. The summed E-state index contributed by atoms with van der Waals surface area (Å²) in [4.78, 5) is 14.5. The number of carboxylic acid groups (broad SMARTS) is 1. The number of sulfonamides is 1. The van der Waals surface area contributed by atoms with E-state index in [-0.39, 0.29) is 12.1 Å². The van der Waals surface area contributed by atoms with Crippen LogP contribution in [0.2, 0.25) is 5.02 Å². The Morgan fingerprint density at radius 2 is 1.79 bits per heavy atom. The van der Waals surface area contributed by atoms with E-state index in [0.717, 1.165) is 60.5 Å². The molecule has 0 amide bonds. The number of fused-ring (bicyclic) bond motifs is 2. The standard InChI is InChI=1S/C28H35ClN2O6S/c1-30-14-6-3-2-4-7-15-31-16-8-5-9-21-17-24(29)12-10-22(21)19-37-26-13-11-23(18-25(26)31)28(34,27(32)33)20-38(30,35)36/h3,6,10-13,17-18,34H,2,4-5,7-9,14-16,19-20H2,1H3,(H,32,33)/b6-3+/t28-/m0/s1. The molecule has 0 saturated carbocycles. The predicted octanol–water partition coefficient (Wildman–Crippen LogP) is 4.34. The fourth-order valence-electron chi connectivity index (χ4n) is 4.90. The van der Waals surface area contributed by atoms with Crippen molar-refractivity contribution in [1.29, 1.82) is 0 Å². The van der Waals surface area contributed by atoms with Gasteiger partial charge in [-0.1, -0.05) is 35.9 Å². The van der Waals surface area contributed by atoms with Crippen LogP contribution in [0.3, 0.4) is 0 Å². The quantitative estimate of drug-likeness (QED) is 0.498. The summed E-state index contributed by atoms with van der Waals surface area (Å²) < 4.78 is 33.4. The second kappa shape index (κ2) is 12.1. The van der Waals surface area contributed by atoms with Gasteiger partial charge < -0.3 is 19.8 Å². The van der Waals surface area contributed by atoms with Crippen molar-refractivity contribution >= 4 is 33.3 Å². The second-order valence-corrected chi connectivity index (χ2v) is 12.5. The van der Waals surface area contributed by atoms with E-state index >= 15 is 0 Å². The third-order valence-electron chi connectivity index (χ3n) is 7.25. The Morgan fingerprint density at radius 3 is 2.55 bits per heavy atom. The third kappa shape index (κ3) is 6.51. The Morgan fingerprint density at radius 1 is 1.03 bits per heavy atom. The van der Waals surface area contributed by atoms with Gasteiger partial charge in [0, 0.05) is 31.7 Å². The van der Waals surface area contributed by atoms with E-state index in [9.17, 15) is 23.4 Å². The molecule has 10 heteroatoms. The highest BCUT2D eigenvalue weighted by Crippen LogP contribution is 2.36. The van der Waals surface area contributed by atoms with E-state index in [2.05, 4.69) is 4.90 Å². The molecular formula is C28H35ClN2O6S. The summed E-state index contributed by atoms with van der Waals surface area (Å²) in [5.74, 6) is -2.05. The monoisotopic (exact) mass is 562 g/mol. The Labute approximate surface area is 229 Å². The number of likely N-dealkylation sites (N-methyl/N-ethyl adjacent to an activating group) is 1. The Hall–Kier alpha value is -2.59. The molecule has 0 aromatic heterocycles. The predicted molar refractivity (Wildman–Crippen MR) is 148 cm³/mol. The Kier molecular flexibility index (Phi) is 9.03. The molecule has 2 N–H and O–H groups in total. The number of halogens is 1. The molecule has 2 aromatic carbocycles. The zero-order chi connectivity index (χ0) is 27.3. The first-order valence-corrected chi connectivity index (χ1v) is 14.9. The highest BCUT2D eigenvalue weighted by molar-refractivity contribution is 7.89. The molecule has 2 aromatic rings. The van der Waals surface area contributed by atoms with Crippen molar-refractivity contribution < 1.29 is 28.2 Å². The van der Waals surface area contributed by atoms with E-state index in [0.29, 0.717) is 29.6 Å². The fraction of sp³-hybridized carbons (Fsp3) is 0.464. The topological polar surface area (TPSA) is 107 Å². The number of benzene rings is 2. The summed E-state index contributed by atoms with van der Waals surface area (Å²) in [5, 5.41) is 22.1. The van der Waals surface area contributed by atoms with E-state index in [1.54, 1.807) is 18.2 Å². The number of aliphatic carboxylic acids is 1. The molecule has 0 unspecified atom stereocenters. The first kappa shape index (κ1) is 28.4. The Bertz CT molecular complexity index is 1300. The average molecular weight is 563 g/mol. The first-order chi connectivity index (χ1) is 18.1. The third-order valence-corrected chi connectivity index (χ3v) is 9.37.